The van der Waals surface area contributed by atoms with Crippen molar-refractivity contribution in [2.75, 3.05) is 20.3 Å². The zero-order chi connectivity index (χ0) is 10.3. The van der Waals surface area contributed by atoms with Crippen LogP contribution in [0.3, 0.4) is 0 Å². The Hall–Kier alpha value is -0.830. The van der Waals surface area contributed by atoms with Gasteiger partial charge < -0.3 is 9.47 Å². The first-order chi connectivity index (χ1) is 6.10. The molecule has 0 saturated heterocycles. The third-order valence-corrected chi connectivity index (χ3v) is 2.11. The van der Waals surface area contributed by atoms with Crippen molar-refractivity contribution < 1.29 is 14.3 Å². The van der Waals surface area contributed by atoms with Crippen LogP contribution in [-0.4, -0.2) is 26.3 Å². The van der Waals surface area contributed by atoms with E-state index in [-0.39, 0.29) is 5.97 Å². The van der Waals surface area contributed by atoms with Crippen LogP contribution < -0.4 is 0 Å². The molecule has 13 heavy (non-hydrogen) atoms. The van der Waals surface area contributed by atoms with Gasteiger partial charge in [-0.2, -0.15) is 0 Å². The van der Waals surface area contributed by atoms with Gasteiger partial charge in [-0.3, -0.25) is 4.79 Å². The van der Waals surface area contributed by atoms with Gasteiger partial charge in [0, 0.05) is 0 Å². The lowest BCUT2D eigenvalue weighted by Crippen LogP contribution is -2.33. The monoisotopic (exact) mass is 186 g/mol. The highest BCUT2D eigenvalue weighted by Crippen LogP contribution is 2.22. The number of methoxy groups -OCH3 is 1. The molecule has 0 aliphatic heterocycles. The SMILES string of the molecule is C=CCOCC(C)(CC)C(=O)OC. The van der Waals surface area contributed by atoms with Gasteiger partial charge in [-0.05, 0) is 13.3 Å². The minimum atomic E-state index is -0.530. The van der Waals surface area contributed by atoms with Crippen LogP contribution >= 0.6 is 0 Å². The lowest BCUT2D eigenvalue weighted by atomic mass is 9.89. The van der Waals surface area contributed by atoms with E-state index in [4.69, 9.17) is 9.47 Å². The van der Waals surface area contributed by atoms with E-state index in [9.17, 15) is 4.79 Å². The fourth-order valence-electron chi connectivity index (χ4n) is 0.919. The van der Waals surface area contributed by atoms with Gasteiger partial charge in [0.1, 0.15) is 0 Å². The second-order valence-electron chi connectivity index (χ2n) is 3.21. The Kier molecular flexibility index (Phi) is 5.39. The van der Waals surface area contributed by atoms with E-state index < -0.39 is 5.41 Å². The van der Waals surface area contributed by atoms with Crippen molar-refractivity contribution in [3.8, 4) is 0 Å². The zero-order valence-corrected chi connectivity index (χ0v) is 8.63. The molecule has 0 aromatic heterocycles. The fourth-order valence-corrected chi connectivity index (χ4v) is 0.919. The van der Waals surface area contributed by atoms with Crippen LogP contribution in [0.1, 0.15) is 20.3 Å². The highest BCUT2D eigenvalue weighted by Gasteiger charge is 2.32. The fraction of sp³-hybridized carbons (Fsp3) is 0.700. The molecular formula is C10H18O3. The zero-order valence-electron chi connectivity index (χ0n) is 8.63. The van der Waals surface area contributed by atoms with Gasteiger partial charge >= 0.3 is 5.97 Å². The number of esters is 1. The summed E-state index contributed by atoms with van der Waals surface area (Å²) in [7, 11) is 1.39. The largest absolute Gasteiger partial charge is 0.469 e. The molecule has 76 valence electrons. The van der Waals surface area contributed by atoms with Crippen molar-refractivity contribution in [3.63, 3.8) is 0 Å². The molecule has 0 rings (SSSR count). The number of carbonyl (C=O) groups is 1. The summed E-state index contributed by atoms with van der Waals surface area (Å²) in [5.41, 5.74) is -0.530. The molecule has 0 N–H and O–H groups in total. The number of ether oxygens (including phenoxy) is 2. The van der Waals surface area contributed by atoms with Gasteiger partial charge in [-0.15, -0.1) is 6.58 Å². The number of carbonyl (C=O) groups excluding carboxylic acids is 1. The first-order valence-electron chi connectivity index (χ1n) is 4.37. The van der Waals surface area contributed by atoms with E-state index in [0.717, 1.165) is 0 Å². The average molecular weight is 186 g/mol. The highest BCUT2D eigenvalue weighted by atomic mass is 16.5. The summed E-state index contributed by atoms with van der Waals surface area (Å²) in [5, 5.41) is 0. The van der Waals surface area contributed by atoms with Gasteiger partial charge in [0.2, 0.25) is 0 Å². The Balaban J connectivity index is 4.10. The van der Waals surface area contributed by atoms with Crippen LogP contribution in [0.25, 0.3) is 0 Å². The molecule has 0 saturated carbocycles. The van der Waals surface area contributed by atoms with Crippen LogP contribution in [0.4, 0.5) is 0 Å². The summed E-state index contributed by atoms with van der Waals surface area (Å²) in [5.74, 6) is -0.223. The molecule has 0 spiro atoms. The number of rotatable bonds is 6. The van der Waals surface area contributed by atoms with E-state index >= 15 is 0 Å². The lowest BCUT2D eigenvalue weighted by molar-refractivity contribution is -0.155. The molecule has 0 radical (unpaired) electrons. The van der Waals surface area contributed by atoms with Crippen LogP contribution in [0.15, 0.2) is 12.7 Å². The lowest BCUT2D eigenvalue weighted by Gasteiger charge is -2.24. The average Bonchev–Trinajstić information content (AvgIpc) is 2.16. The van der Waals surface area contributed by atoms with Crippen molar-refractivity contribution in [1.82, 2.24) is 0 Å². The third kappa shape index (κ3) is 3.59. The summed E-state index contributed by atoms with van der Waals surface area (Å²) >= 11 is 0. The molecule has 1 atom stereocenters. The summed E-state index contributed by atoms with van der Waals surface area (Å²) in [6.07, 6.45) is 2.37. The summed E-state index contributed by atoms with van der Waals surface area (Å²) in [6, 6.07) is 0. The summed E-state index contributed by atoms with van der Waals surface area (Å²) in [6.45, 7) is 8.15. The van der Waals surface area contributed by atoms with Gasteiger partial charge in [0.05, 0.1) is 25.7 Å². The van der Waals surface area contributed by atoms with Crippen LogP contribution in [0.5, 0.6) is 0 Å². The van der Waals surface area contributed by atoms with Crippen molar-refractivity contribution in [2.45, 2.75) is 20.3 Å². The van der Waals surface area contributed by atoms with Crippen molar-refractivity contribution in [2.24, 2.45) is 5.41 Å². The van der Waals surface area contributed by atoms with E-state index in [2.05, 4.69) is 6.58 Å². The first-order valence-corrected chi connectivity index (χ1v) is 4.37. The molecule has 0 amide bonds. The molecule has 0 heterocycles. The standard InChI is InChI=1S/C10H18O3/c1-5-7-13-8-10(3,6-2)9(11)12-4/h5H,1,6-8H2,2-4H3. The van der Waals surface area contributed by atoms with Crippen LogP contribution in [0.2, 0.25) is 0 Å². The highest BCUT2D eigenvalue weighted by molar-refractivity contribution is 5.76. The second kappa shape index (κ2) is 5.75. The van der Waals surface area contributed by atoms with Gasteiger partial charge in [0.25, 0.3) is 0 Å². The maximum absolute atomic E-state index is 11.3. The minimum absolute atomic E-state index is 0.223. The maximum Gasteiger partial charge on any atom is 0.313 e. The number of hydrogen-bond donors (Lipinski definition) is 0. The quantitative estimate of drug-likeness (QED) is 0.360. The molecule has 0 aliphatic carbocycles. The van der Waals surface area contributed by atoms with Crippen LogP contribution in [-0.2, 0) is 14.3 Å². The van der Waals surface area contributed by atoms with Crippen molar-refractivity contribution in [3.05, 3.63) is 12.7 Å². The second-order valence-corrected chi connectivity index (χ2v) is 3.21. The molecule has 1 unspecified atom stereocenters. The molecule has 3 heteroatoms. The predicted molar refractivity (Wildman–Crippen MR) is 51.4 cm³/mol. The Morgan fingerprint density at radius 3 is 2.62 bits per heavy atom. The Morgan fingerprint density at radius 1 is 1.62 bits per heavy atom. The predicted octanol–water partition coefficient (Wildman–Crippen LogP) is 1.78. The van der Waals surface area contributed by atoms with Crippen molar-refractivity contribution >= 4 is 5.97 Å². The molecular weight excluding hydrogens is 168 g/mol. The van der Waals surface area contributed by atoms with Gasteiger partial charge in [0.15, 0.2) is 0 Å². The number of hydrogen-bond acceptors (Lipinski definition) is 3. The Bertz CT molecular complexity index is 177. The summed E-state index contributed by atoms with van der Waals surface area (Å²) < 4.78 is 9.94. The van der Waals surface area contributed by atoms with Gasteiger partial charge in [-0.25, -0.2) is 0 Å². The van der Waals surface area contributed by atoms with E-state index in [1.807, 2.05) is 13.8 Å². The maximum atomic E-state index is 11.3. The Morgan fingerprint density at radius 2 is 2.23 bits per heavy atom. The summed E-state index contributed by atoms with van der Waals surface area (Å²) in [4.78, 5) is 11.3. The van der Waals surface area contributed by atoms with E-state index in [1.54, 1.807) is 6.08 Å². The molecule has 0 aromatic rings. The molecule has 3 nitrogen and oxygen atoms in total. The molecule has 0 aromatic carbocycles. The normalized spacial score (nSPS) is 14.7. The molecule has 0 aliphatic rings. The van der Waals surface area contributed by atoms with Gasteiger partial charge in [-0.1, -0.05) is 13.0 Å². The Labute approximate surface area is 79.7 Å². The topological polar surface area (TPSA) is 35.5 Å². The van der Waals surface area contributed by atoms with Crippen molar-refractivity contribution in [1.29, 1.82) is 0 Å². The molecule has 0 bridgehead atoms. The first kappa shape index (κ1) is 12.2. The smallest absolute Gasteiger partial charge is 0.313 e. The van der Waals surface area contributed by atoms with Crippen LogP contribution in [0, 0.1) is 5.41 Å². The molecule has 0 fully saturated rings. The minimum Gasteiger partial charge on any atom is -0.469 e. The third-order valence-electron chi connectivity index (χ3n) is 2.11. The van der Waals surface area contributed by atoms with E-state index in [1.165, 1.54) is 7.11 Å². The van der Waals surface area contributed by atoms with E-state index in [0.29, 0.717) is 19.6 Å².